The number of anilines is 3. The first-order chi connectivity index (χ1) is 15.1. The highest BCUT2D eigenvalue weighted by Crippen LogP contribution is 2.26. The van der Waals surface area contributed by atoms with Crippen molar-refractivity contribution >= 4 is 34.3 Å². The van der Waals surface area contributed by atoms with Crippen LogP contribution < -0.4 is 20.9 Å². The van der Waals surface area contributed by atoms with Crippen LogP contribution in [0.1, 0.15) is 25.7 Å². The number of carbonyl (C=O) groups excluding carboxylic acids is 1. The molecule has 1 fully saturated rings. The maximum absolute atomic E-state index is 12.3. The molecule has 0 saturated heterocycles. The first kappa shape index (κ1) is 20.9. The smallest absolute Gasteiger partial charge is 0.239 e. The van der Waals surface area contributed by atoms with Crippen molar-refractivity contribution in [3.63, 3.8) is 0 Å². The van der Waals surface area contributed by atoms with Gasteiger partial charge in [-0.25, -0.2) is 4.98 Å². The van der Waals surface area contributed by atoms with Gasteiger partial charge in [0.2, 0.25) is 11.9 Å². The van der Waals surface area contributed by atoms with Crippen molar-refractivity contribution in [2.24, 2.45) is 0 Å². The van der Waals surface area contributed by atoms with Crippen molar-refractivity contribution in [3.8, 4) is 0 Å². The Hall–Kier alpha value is -3.35. The van der Waals surface area contributed by atoms with Crippen LogP contribution >= 0.6 is 0 Å². The van der Waals surface area contributed by atoms with Crippen molar-refractivity contribution in [3.05, 3.63) is 54.6 Å². The van der Waals surface area contributed by atoms with Crippen LogP contribution in [0, 0.1) is 0 Å². The van der Waals surface area contributed by atoms with Gasteiger partial charge in [-0.3, -0.25) is 4.79 Å². The molecule has 7 nitrogen and oxygen atoms in total. The third kappa shape index (κ3) is 5.42. The monoisotopic (exact) mass is 418 g/mol. The van der Waals surface area contributed by atoms with Crippen LogP contribution in [-0.2, 0) is 4.79 Å². The molecule has 1 heterocycles. The third-order valence-electron chi connectivity index (χ3n) is 5.66. The number of carbonyl (C=O) groups is 1. The number of hydrogen-bond donors (Lipinski definition) is 3. The molecule has 1 saturated carbocycles. The van der Waals surface area contributed by atoms with E-state index in [1.54, 1.807) is 0 Å². The summed E-state index contributed by atoms with van der Waals surface area (Å²) in [6.45, 7) is 0.292. The van der Waals surface area contributed by atoms with E-state index in [4.69, 9.17) is 9.97 Å². The predicted octanol–water partition coefficient (Wildman–Crippen LogP) is 3.65. The molecule has 0 spiro atoms. The second-order valence-corrected chi connectivity index (χ2v) is 8.26. The Bertz CT molecular complexity index is 1020. The molecule has 1 aromatic heterocycles. The molecular weight excluding hydrogens is 388 g/mol. The Morgan fingerprint density at radius 1 is 0.935 bits per heavy atom. The number of benzene rings is 2. The molecule has 31 heavy (non-hydrogen) atoms. The molecule has 0 bridgehead atoms. The summed E-state index contributed by atoms with van der Waals surface area (Å²) < 4.78 is 0. The van der Waals surface area contributed by atoms with Gasteiger partial charge in [0, 0.05) is 37.3 Å². The first-order valence-corrected chi connectivity index (χ1v) is 10.9. The van der Waals surface area contributed by atoms with E-state index in [9.17, 15) is 4.79 Å². The average Bonchev–Trinajstić information content (AvgIpc) is 2.79. The minimum Gasteiger partial charge on any atom is -0.376 e. The first-order valence-electron chi connectivity index (χ1n) is 10.9. The molecule has 0 radical (unpaired) electrons. The van der Waals surface area contributed by atoms with Gasteiger partial charge in [0.05, 0.1) is 12.1 Å². The summed E-state index contributed by atoms with van der Waals surface area (Å²) in [6.07, 6.45) is 3.85. The number of nitrogens with one attached hydrogen (secondary N) is 3. The fourth-order valence-electron chi connectivity index (χ4n) is 4.05. The lowest BCUT2D eigenvalue weighted by atomic mass is 9.91. The van der Waals surface area contributed by atoms with Crippen LogP contribution in [0.15, 0.2) is 54.6 Å². The number of hydrogen-bond acceptors (Lipinski definition) is 6. The Morgan fingerprint density at radius 3 is 2.35 bits per heavy atom. The summed E-state index contributed by atoms with van der Waals surface area (Å²) in [5.41, 5.74) is 1.90. The number of amides is 1. The molecule has 3 aromatic rings. The zero-order valence-corrected chi connectivity index (χ0v) is 18.1. The number of rotatable bonds is 7. The molecule has 0 aliphatic heterocycles. The van der Waals surface area contributed by atoms with Crippen LogP contribution in [0.5, 0.6) is 0 Å². The van der Waals surface area contributed by atoms with Crippen LogP contribution in [0.4, 0.5) is 17.5 Å². The molecule has 7 heteroatoms. The van der Waals surface area contributed by atoms with E-state index in [-0.39, 0.29) is 11.9 Å². The highest BCUT2D eigenvalue weighted by Gasteiger charge is 2.23. The fraction of sp³-hybridized carbons (Fsp3) is 0.375. The number of fused-ring (bicyclic) bond motifs is 1. The van der Waals surface area contributed by atoms with Crippen LogP contribution in [0.25, 0.3) is 10.9 Å². The SMILES string of the molecule is CN(C)c1nc(NC2CCC(NC(=O)CNc3ccccc3)CC2)nc2ccccc12. The van der Waals surface area contributed by atoms with Crippen LogP contribution in [0.2, 0.25) is 0 Å². The lowest BCUT2D eigenvalue weighted by Crippen LogP contribution is -2.42. The highest BCUT2D eigenvalue weighted by atomic mass is 16.1. The molecule has 2 aromatic carbocycles. The van der Waals surface area contributed by atoms with Gasteiger partial charge in [-0.2, -0.15) is 4.98 Å². The topological polar surface area (TPSA) is 82.2 Å². The van der Waals surface area contributed by atoms with Gasteiger partial charge in [-0.1, -0.05) is 30.3 Å². The second kappa shape index (κ2) is 9.64. The summed E-state index contributed by atoms with van der Waals surface area (Å²) in [7, 11) is 4.00. The van der Waals surface area contributed by atoms with Gasteiger partial charge >= 0.3 is 0 Å². The average molecular weight is 419 g/mol. The van der Waals surface area contributed by atoms with E-state index in [0.717, 1.165) is 48.1 Å². The number of nitrogens with zero attached hydrogens (tertiary/aromatic N) is 3. The van der Waals surface area contributed by atoms with Crippen LogP contribution in [-0.4, -0.2) is 48.6 Å². The third-order valence-corrected chi connectivity index (χ3v) is 5.66. The Kier molecular flexibility index (Phi) is 6.50. The molecular formula is C24H30N6O. The van der Waals surface area contributed by atoms with Crippen LogP contribution in [0.3, 0.4) is 0 Å². The standard InChI is InChI=1S/C24H30N6O/c1-30(2)23-20-10-6-7-11-21(20)28-24(29-23)27-19-14-12-18(13-15-19)26-22(31)16-25-17-8-4-3-5-9-17/h3-11,18-19,25H,12-16H2,1-2H3,(H,26,31)(H,27,28,29). The van der Waals surface area contributed by atoms with Crippen molar-refractivity contribution in [2.75, 3.05) is 36.2 Å². The molecule has 0 unspecified atom stereocenters. The fourth-order valence-corrected chi connectivity index (χ4v) is 4.05. The van der Waals surface area contributed by atoms with Crippen molar-refractivity contribution in [1.82, 2.24) is 15.3 Å². The van der Waals surface area contributed by atoms with E-state index in [1.165, 1.54) is 0 Å². The van der Waals surface area contributed by atoms with E-state index < -0.39 is 0 Å². The largest absolute Gasteiger partial charge is 0.376 e. The van der Waals surface area contributed by atoms with Crippen molar-refractivity contribution in [2.45, 2.75) is 37.8 Å². The van der Waals surface area contributed by atoms with Gasteiger partial charge in [0.1, 0.15) is 5.82 Å². The van der Waals surface area contributed by atoms with E-state index in [2.05, 4.69) is 22.0 Å². The zero-order chi connectivity index (χ0) is 21.6. The van der Waals surface area contributed by atoms with Crippen molar-refractivity contribution < 1.29 is 4.79 Å². The lowest BCUT2D eigenvalue weighted by molar-refractivity contribution is -0.120. The van der Waals surface area contributed by atoms with Gasteiger partial charge in [-0.05, 0) is 49.9 Å². The number of aromatic nitrogens is 2. The molecule has 1 aliphatic rings. The summed E-state index contributed by atoms with van der Waals surface area (Å²) in [5.74, 6) is 1.62. The minimum absolute atomic E-state index is 0.0359. The van der Waals surface area contributed by atoms with Gasteiger partial charge in [0.15, 0.2) is 0 Å². The maximum Gasteiger partial charge on any atom is 0.239 e. The Morgan fingerprint density at radius 2 is 1.61 bits per heavy atom. The van der Waals surface area contributed by atoms with E-state index >= 15 is 0 Å². The molecule has 1 aliphatic carbocycles. The lowest BCUT2D eigenvalue weighted by Gasteiger charge is -2.30. The molecule has 4 rings (SSSR count). The quantitative estimate of drug-likeness (QED) is 0.543. The summed E-state index contributed by atoms with van der Waals surface area (Å²) >= 11 is 0. The molecule has 0 atom stereocenters. The van der Waals surface area contributed by atoms with Crippen molar-refractivity contribution in [1.29, 1.82) is 0 Å². The van der Waals surface area contributed by atoms with Gasteiger partial charge in [0.25, 0.3) is 0 Å². The Balaban J connectivity index is 1.29. The summed E-state index contributed by atoms with van der Waals surface area (Å²) in [6, 6.07) is 18.4. The van der Waals surface area contributed by atoms with E-state index in [0.29, 0.717) is 18.5 Å². The maximum atomic E-state index is 12.3. The predicted molar refractivity (Wildman–Crippen MR) is 127 cm³/mol. The normalized spacial score (nSPS) is 18.4. The zero-order valence-electron chi connectivity index (χ0n) is 18.1. The molecule has 3 N–H and O–H groups in total. The Labute approximate surface area is 183 Å². The van der Waals surface area contributed by atoms with Gasteiger partial charge in [-0.15, -0.1) is 0 Å². The number of para-hydroxylation sites is 2. The summed E-state index contributed by atoms with van der Waals surface area (Å²) in [4.78, 5) is 23.7. The summed E-state index contributed by atoms with van der Waals surface area (Å²) in [5, 5.41) is 10.9. The van der Waals surface area contributed by atoms with E-state index in [1.807, 2.05) is 67.5 Å². The van der Waals surface area contributed by atoms with Gasteiger partial charge < -0.3 is 20.9 Å². The molecule has 1 amide bonds. The minimum atomic E-state index is 0.0359. The second-order valence-electron chi connectivity index (χ2n) is 8.26. The highest BCUT2D eigenvalue weighted by molar-refractivity contribution is 5.90. The molecule has 162 valence electrons.